The fraction of sp³-hybridized carbons (Fsp3) is 0.615. The van der Waals surface area contributed by atoms with Gasteiger partial charge in [0.1, 0.15) is 0 Å². The van der Waals surface area contributed by atoms with E-state index in [1.165, 1.54) is 30.4 Å². The number of pyridine rings is 1. The standard InChI is InChI=1S/C13H22N4/c1-11-5-6-15-10-12(11)13(9-14)16-17-7-3-2-4-8-17/h5-6,10,13,16H,2-4,7-9,14H2,1H3. The van der Waals surface area contributed by atoms with Gasteiger partial charge in [0.2, 0.25) is 0 Å². The maximum absolute atomic E-state index is 5.87. The molecule has 3 N–H and O–H groups in total. The maximum Gasteiger partial charge on any atom is 0.0604 e. The van der Waals surface area contributed by atoms with Gasteiger partial charge in [-0.2, -0.15) is 0 Å². The number of nitrogens with zero attached hydrogens (tertiary/aromatic N) is 2. The molecule has 0 spiro atoms. The minimum absolute atomic E-state index is 0.182. The van der Waals surface area contributed by atoms with Crippen molar-refractivity contribution >= 4 is 0 Å². The molecule has 0 radical (unpaired) electrons. The molecule has 1 atom stereocenters. The van der Waals surface area contributed by atoms with Gasteiger partial charge in [-0.1, -0.05) is 6.42 Å². The predicted molar refractivity (Wildman–Crippen MR) is 69.3 cm³/mol. The average molecular weight is 234 g/mol. The summed E-state index contributed by atoms with van der Waals surface area (Å²) in [5, 5.41) is 2.30. The van der Waals surface area contributed by atoms with Crippen LogP contribution < -0.4 is 11.2 Å². The van der Waals surface area contributed by atoms with Gasteiger partial charge >= 0.3 is 0 Å². The molecule has 1 aliphatic rings. The molecule has 0 aliphatic carbocycles. The Hall–Kier alpha value is -0.970. The lowest BCUT2D eigenvalue weighted by atomic mass is 10.0. The second kappa shape index (κ2) is 6.10. The van der Waals surface area contributed by atoms with Crippen molar-refractivity contribution in [3.63, 3.8) is 0 Å². The zero-order chi connectivity index (χ0) is 12.1. The highest BCUT2D eigenvalue weighted by Gasteiger charge is 2.17. The Morgan fingerprint density at radius 3 is 2.82 bits per heavy atom. The van der Waals surface area contributed by atoms with Crippen LogP contribution in [0.15, 0.2) is 18.5 Å². The third kappa shape index (κ3) is 3.25. The van der Waals surface area contributed by atoms with E-state index in [1.54, 1.807) is 0 Å². The zero-order valence-electron chi connectivity index (χ0n) is 10.5. The van der Waals surface area contributed by atoms with E-state index in [0.29, 0.717) is 6.54 Å². The molecule has 0 bridgehead atoms. The predicted octanol–water partition coefficient (Wildman–Crippen LogP) is 1.38. The van der Waals surface area contributed by atoms with Crippen molar-refractivity contribution in [1.82, 2.24) is 15.4 Å². The molecule has 1 fully saturated rings. The number of aromatic nitrogens is 1. The van der Waals surface area contributed by atoms with Gasteiger partial charge in [0.15, 0.2) is 0 Å². The molecule has 1 unspecified atom stereocenters. The summed E-state index contributed by atoms with van der Waals surface area (Å²) in [5.74, 6) is 0. The molecule has 2 rings (SSSR count). The molecule has 0 aromatic carbocycles. The summed E-state index contributed by atoms with van der Waals surface area (Å²) in [4.78, 5) is 4.19. The van der Waals surface area contributed by atoms with Crippen molar-refractivity contribution in [2.45, 2.75) is 32.2 Å². The van der Waals surface area contributed by atoms with Gasteiger partial charge in [-0.25, -0.2) is 10.4 Å². The Morgan fingerprint density at radius 1 is 1.41 bits per heavy atom. The van der Waals surface area contributed by atoms with E-state index in [4.69, 9.17) is 5.73 Å². The molecule has 0 saturated carbocycles. The van der Waals surface area contributed by atoms with Crippen molar-refractivity contribution in [2.75, 3.05) is 19.6 Å². The van der Waals surface area contributed by atoms with Crippen LogP contribution in [-0.2, 0) is 0 Å². The Kier molecular flexibility index (Phi) is 4.48. The first kappa shape index (κ1) is 12.5. The highest BCUT2D eigenvalue weighted by Crippen LogP contribution is 2.17. The maximum atomic E-state index is 5.87. The molecular formula is C13H22N4. The molecule has 2 heterocycles. The summed E-state index contributed by atoms with van der Waals surface area (Å²) in [7, 11) is 0. The number of aryl methyl sites for hydroxylation is 1. The first-order chi connectivity index (χ1) is 8.31. The summed E-state index contributed by atoms with van der Waals surface area (Å²) in [6, 6.07) is 2.22. The largest absolute Gasteiger partial charge is 0.329 e. The fourth-order valence-electron chi connectivity index (χ4n) is 2.33. The fourth-order valence-corrected chi connectivity index (χ4v) is 2.33. The monoisotopic (exact) mass is 234 g/mol. The number of rotatable bonds is 4. The molecule has 17 heavy (non-hydrogen) atoms. The second-order valence-electron chi connectivity index (χ2n) is 4.70. The van der Waals surface area contributed by atoms with E-state index in [-0.39, 0.29) is 6.04 Å². The van der Waals surface area contributed by atoms with Gasteiger partial charge in [-0.05, 0) is 37.0 Å². The average Bonchev–Trinajstić information content (AvgIpc) is 2.38. The Morgan fingerprint density at radius 2 is 2.18 bits per heavy atom. The van der Waals surface area contributed by atoms with E-state index < -0.39 is 0 Å². The highest BCUT2D eigenvalue weighted by molar-refractivity contribution is 5.25. The molecule has 1 aromatic heterocycles. The van der Waals surface area contributed by atoms with Crippen LogP contribution in [0.4, 0.5) is 0 Å². The molecular weight excluding hydrogens is 212 g/mol. The Labute approximate surface area is 103 Å². The molecule has 1 aromatic rings. The van der Waals surface area contributed by atoms with Crippen LogP contribution >= 0.6 is 0 Å². The molecule has 0 amide bonds. The van der Waals surface area contributed by atoms with Gasteiger partial charge < -0.3 is 5.73 Å². The summed E-state index contributed by atoms with van der Waals surface area (Å²) in [6.45, 7) is 4.95. The smallest absolute Gasteiger partial charge is 0.0604 e. The van der Waals surface area contributed by atoms with Gasteiger partial charge in [-0.3, -0.25) is 4.98 Å². The number of hydrogen-bond donors (Lipinski definition) is 2. The van der Waals surface area contributed by atoms with E-state index in [2.05, 4.69) is 22.3 Å². The van der Waals surface area contributed by atoms with Crippen LogP contribution in [0.2, 0.25) is 0 Å². The van der Waals surface area contributed by atoms with E-state index in [1.807, 2.05) is 18.5 Å². The number of nitrogens with two attached hydrogens (primary N) is 1. The minimum atomic E-state index is 0.182. The second-order valence-corrected chi connectivity index (χ2v) is 4.70. The lowest BCUT2D eigenvalue weighted by Gasteiger charge is -2.31. The van der Waals surface area contributed by atoms with E-state index in [9.17, 15) is 0 Å². The summed E-state index contributed by atoms with van der Waals surface area (Å²) in [5.41, 5.74) is 11.9. The van der Waals surface area contributed by atoms with E-state index in [0.717, 1.165) is 13.1 Å². The zero-order valence-corrected chi connectivity index (χ0v) is 10.5. The van der Waals surface area contributed by atoms with Crippen LogP contribution in [0.5, 0.6) is 0 Å². The third-order valence-corrected chi connectivity index (χ3v) is 3.39. The van der Waals surface area contributed by atoms with Gasteiger partial charge in [0.25, 0.3) is 0 Å². The van der Waals surface area contributed by atoms with Gasteiger partial charge in [0, 0.05) is 32.0 Å². The van der Waals surface area contributed by atoms with Gasteiger partial charge in [0.05, 0.1) is 6.04 Å². The van der Waals surface area contributed by atoms with Crippen molar-refractivity contribution in [3.05, 3.63) is 29.6 Å². The quantitative estimate of drug-likeness (QED) is 0.826. The number of hydrogen-bond acceptors (Lipinski definition) is 4. The first-order valence-corrected chi connectivity index (χ1v) is 6.43. The number of nitrogens with one attached hydrogen (secondary N) is 1. The van der Waals surface area contributed by atoms with Crippen molar-refractivity contribution in [2.24, 2.45) is 5.73 Å². The summed E-state index contributed by atoms with van der Waals surface area (Å²) >= 11 is 0. The van der Waals surface area contributed by atoms with Gasteiger partial charge in [-0.15, -0.1) is 0 Å². The van der Waals surface area contributed by atoms with Crippen molar-refractivity contribution < 1.29 is 0 Å². The number of piperidine rings is 1. The minimum Gasteiger partial charge on any atom is -0.329 e. The Balaban J connectivity index is 2.03. The molecule has 1 aliphatic heterocycles. The van der Waals surface area contributed by atoms with E-state index >= 15 is 0 Å². The lowest BCUT2D eigenvalue weighted by Crippen LogP contribution is -2.45. The highest BCUT2D eigenvalue weighted by atomic mass is 15.5. The van der Waals surface area contributed by atoms with Crippen LogP contribution in [-0.4, -0.2) is 29.6 Å². The Bertz CT molecular complexity index is 347. The number of hydrazine groups is 1. The third-order valence-electron chi connectivity index (χ3n) is 3.39. The normalized spacial score (nSPS) is 19.2. The topological polar surface area (TPSA) is 54.2 Å². The molecule has 94 valence electrons. The first-order valence-electron chi connectivity index (χ1n) is 6.43. The van der Waals surface area contributed by atoms with Crippen molar-refractivity contribution in [3.8, 4) is 0 Å². The van der Waals surface area contributed by atoms with Crippen LogP contribution in [0, 0.1) is 6.92 Å². The molecule has 4 heteroatoms. The molecule has 4 nitrogen and oxygen atoms in total. The molecule has 1 saturated heterocycles. The summed E-state index contributed by atoms with van der Waals surface area (Å²) < 4.78 is 0. The van der Waals surface area contributed by atoms with Crippen LogP contribution in [0.1, 0.15) is 36.4 Å². The van der Waals surface area contributed by atoms with Crippen molar-refractivity contribution in [1.29, 1.82) is 0 Å². The van der Waals surface area contributed by atoms with Crippen LogP contribution in [0.3, 0.4) is 0 Å². The SMILES string of the molecule is Cc1ccncc1C(CN)NN1CCCCC1. The lowest BCUT2D eigenvalue weighted by molar-refractivity contribution is 0.130. The van der Waals surface area contributed by atoms with Crippen LogP contribution in [0.25, 0.3) is 0 Å². The summed E-state index contributed by atoms with van der Waals surface area (Å²) in [6.07, 6.45) is 7.64.